The van der Waals surface area contributed by atoms with Gasteiger partial charge in [0.15, 0.2) is 0 Å². The lowest BCUT2D eigenvalue weighted by Gasteiger charge is -2.24. The van der Waals surface area contributed by atoms with Gasteiger partial charge in [-0.1, -0.05) is 27.7 Å². The molecule has 21 heavy (non-hydrogen) atoms. The van der Waals surface area contributed by atoms with E-state index >= 15 is 0 Å². The van der Waals surface area contributed by atoms with Gasteiger partial charge in [0.1, 0.15) is 0 Å². The molecule has 122 valence electrons. The maximum absolute atomic E-state index is 12.9. The number of nitrogens with zero attached hydrogens (tertiary/aromatic N) is 1. The molecule has 0 fully saturated rings. The SMILES string of the molecule is CC(C)CCN(CCC(C)C)S(=O)(=O)c1ccsc1CCl. The lowest BCUT2D eigenvalue weighted by Crippen LogP contribution is -2.34. The van der Waals surface area contributed by atoms with Gasteiger partial charge in [0.2, 0.25) is 10.0 Å². The second kappa shape index (κ2) is 8.51. The van der Waals surface area contributed by atoms with Crippen LogP contribution in [0.2, 0.25) is 0 Å². The van der Waals surface area contributed by atoms with Crippen LogP contribution in [-0.2, 0) is 15.9 Å². The van der Waals surface area contributed by atoms with Crippen molar-refractivity contribution in [3.63, 3.8) is 0 Å². The first-order valence-corrected chi connectivity index (χ1v) is 10.3. The van der Waals surface area contributed by atoms with Crippen LogP contribution in [0.15, 0.2) is 16.3 Å². The highest BCUT2D eigenvalue weighted by molar-refractivity contribution is 7.89. The van der Waals surface area contributed by atoms with Gasteiger partial charge in [-0.15, -0.1) is 22.9 Å². The molecule has 0 aliphatic heterocycles. The molecule has 1 aromatic rings. The predicted octanol–water partition coefficient (Wildman–Crippen LogP) is 4.57. The van der Waals surface area contributed by atoms with Gasteiger partial charge in [-0.3, -0.25) is 0 Å². The first-order valence-electron chi connectivity index (χ1n) is 7.41. The summed E-state index contributed by atoms with van der Waals surface area (Å²) < 4.78 is 27.4. The minimum atomic E-state index is -3.43. The summed E-state index contributed by atoms with van der Waals surface area (Å²) in [6, 6.07) is 1.68. The van der Waals surface area contributed by atoms with E-state index in [1.807, 2.05) is 0 Å². The summed E-state index contributed by atoms with van der Waals surface area (Å²) in [5.74, 6) is 1.21. The Morgan fingerprint density at radius 3 is 2.10 bits per heavy atom. The van der Waals surface area contributed by atoms with E-state index < -0.39 is 10.0 Å². The number of alkyl halides is 1. The first-order chi connectivity index (χ1) is 9.78. The van der Waals surface area contributed by atoms with Crippen LogP contribution in [-0.4, -0.2) is 25.8 Å². The zero-order valence-electron chi connectivity index (χ0n) is 13.3. The Labute approximate surface area is 138 Å². The molecule has 0 amide bonds. The molecule has 0 bridgehead atoms. The summed E-state index contributed by atoms with van der Waals surface area (Å²) in [6.07, 6.45) is 1.75. The number of rotatable bonds is 9. The van der Waals surface area contributed by atoms with Gasteiger partial charge in [-0.2, -0.15) is 4.31 Å². The summed E-state index contributed by atoms with van der Waals surface area (Å²) in [7, 11) is -3.43. The highest BCUT2D eigenvalue weighted by Crippen LogP contribution is 2.27. The highest BCUT2D eigenvalue weighted by atomic mass is 35.5. The van der Waals surface area contributed by atoms with Crippen LogP contribution in [0.4, 0.5) is 0 Å². The van der Waals surface area contributed by atoms with Crippen molar-refractivity contribution in [3.8, 4) is 0 Å². The molecule has 0 saturated heterocycles. The molecule has 1 heterocycles. The van der Waals surface area contributed by atoms with Gasteiger partial charge in [0, 0.05) is 18.0 Å². The van der Waals surface area contributed by atoms with Crippen molar-refractivity contribution in [2.75, 3.05) is 13.1 Å². The van der Waals surface area contributed by atoms with Gasteiger partial charge in [0.25, 0.3) is 0 Å². The van der Waals surface area contributed by atoms with E-state index in [0.717, 1.165) is 17.7 Å². The average Bonchev–Trinajstić information content (AvgIpc) is 2.86. The number of sulfonamides is 1. The molecular formula is C15H26ClNO2S2. The van der Waals surface area contributed by atoms with Crippen molar-refractivity contribution in [1.82, 2.24) is 4.31 Å². The summed E-state index contributed by atoms with van der Waals surface area (Å²) in [4.78, 5) is 1.12. The van der Waals surface area contributed by atoms with Crippen LogP contribution in [0.1, 0.15) is 45.4 Å². The fourth-order valence-electron chi connectivity index (χ4n) is 1.95. The van der Waals surface area contributed by atoms with Gasteiger partial charge in [0.05, 0.1) is 10.8 Å². The number of thiophene rings is 1. The van der Waals surface area contributed by atoms with Crippen LogP contribution in [0.25, 0.3) is 0 Å². The van der Waals surface area contributed by atoms with E-state index in [2.05, 4.69) is 27.7 Å². The molecule has 0 radical (unpaired) electrons. The van der Waals surface area contributed by atoms with Crippen molar-refractivity contribution in [2.45, 2.75) is 51.3 Å². The summed E-state index contributed by atoms with van der Waals surface area (Å²) >= 11 is 7.27. The van der Waals surface area contributed by atoms with Crippen LogP contribution >= 0.6 is 22.9 Å². The largest absolute Gasteiger partial charge is 0.244 e. The van der Waals surface area contributed by atoms with Crippen molar-refractivity contribution in [3.05, 3.63) is 16.3 Å². The summed E-state index contributed by atoms with van der Waals surface area (Å²) in [6.45, 7) is 9.60. The molecule has 3 nitrogen and oxygen atoms in total. The molecule has 1 rings (SSSR count). The minimum absolute atomic E-state index is 0.244. The number of halogens is 1. The molecule has 0 aliphatic carbocycles. The maximum Gasteiger partial charge on any atom is 0.244 e. The molecule has 0 aliphatic rings. The molecule has 0 spiro atoms. The Bertz CT molecular complexity index is 512. The average molecular weight is 352 g/mol. The van der Waals surface area contributed by atoms with Gasteiger partial charge >= 0.3 is 0 Å². The second-order valence-electron chi connectivity index (χ2n) is 6.11. The molecule has 0 atom stereocenters. The van der Waals surface area contributed by atoms with Crippen molar-refractivity contribution >= 4 is 33.0 Å². The Morgan fingerprint density at radius 2 is 1.67 bits per heavy atom. The van der Waals surface area contributed by atoms with Crippen molar-refractivity contribution in [1.29, 1.82) is 0 Å². The molecule has 0 unspecified atom stereocenters. The van der Waals surface area contributed by atoms with E-state index in [1.165, 1.54) is 11.3 Å². The minimum Gasteiger partial charge on any atom is -0.207 e. The van der Waals surface area contributed by atoms with Gasteiger partial charge in [-0.05, 0) is 36.1 Å². The molecule has 0 N–H and O–H groups in total. The smallest absolute Gasteiger partial charge is 0.207 e. The van der Waals surface area contributed by atoms with Gasteiger partial charge in [-0.25, -0.2) is 8.42 Å². The standard InChI is InChI=1S/C15H26ClNO2S2/c1-12(2)5-8-17(9-6-13(3)4)21(18,19)15-7-10-20-14(15)11-16/h7,10,12-13H,5-6,8-9,11H2,1-4H3. The fraction of sp³-hybridized carbons (Fsp3) is 0.733. The third-order valence-corrected chi connectivity index (χ3v) is 6.81. The van der Waals surface area contributed by atoms with E-state index in [-0.39, 0.29) is 5.88 Å². The van der Waals surface area contributed by atoms with Crippen LogP contribution in [0.3, 0.4) is 0 Å². The van der Waals surface area contributed by atoms with E-state index in [9.17, 15) is 8.42 Å². The molecule has 0 aromatic carbocycles. The summed E-state index contributed by atoms with van der Waals surface area (Å²) in [5.41, 5.74) is 0. The van der Waals surface area contributed by atoms with Crippen LogP contribution < -0.4 is 0 Å². The quantitative estimate of drug-likeness (QED) is 0.611. The third-order valence-electron chi connectivity index (χ3n) is 3.36. The second-order valence-corrected chi connectivity index (χ2v) is 9.29. The zero-order chi connectivity index (χ0) is 16.0. The Morgan fingerprint density at radius 1 is 1.14 bits per heavy atom. The predicted molar refractivity (Wildman–Crippen MR) is 91.5 cm³/mol. The van der Waals surface area contributed by atoms with Gasteiger partial charge < -0.3 is 0 Å². The molecule has 0 saturated carbocycles. The normalized spacial score (nSPS) is 12.8. The van der Waals surface area contributed by atoms with Crippen LogP contribution in [0.5, 0.6) is 0 Å². The Kier molecular flexibility index (Phi) is 7.68. The third kappa shape index (κ3) is 5.55. The van der Waals surface area contributed by atoms with E-state index in [0.29, 0.717) is 29.8 Å². The number of hydrogen-bond donors (Lipinski definition) is 0. The topological polar surface area (TPSA) is 37.4 Å². The van der Waals surface area contributed by atoms with Crippen LogP contribution in [0, 0.1) is 11.8 Å². The van der Waals surface area contributed by atoms with E-state index in [4.69, 9.17) is 11.6 Å². The highest BCUT2D eigenvalue weighted by Gasteiger charge is 2.27. The fourth-order valence-corrected chi connectivity index (χ4v) is 5.10. The Hall–Kier alpha value is -0.100. The first kappa shape index (κ1) is 18.9. The molecule has 6 heteroatoms. The monoisotopic (exact) mass is 351 g/mol. The number of hydrogen-bond acceptors (Lipinski definition) is 3. The molecule has 1 aromatic heterocycles. The maximum atomic E-state index is 12.9. The summed E-state index contributed by atoms with van der Waals surface area (Å²) in [5, 5.41) is 1.80. The lowest BCUT2D eigenvalue weighted by molar-refractivity contribution is 0.357. The Balaban J connectivity index is 2.98. The van der Waals surface area contributed by atoms with Crippen molar-refractivity contribution < 1.29 is 8.42 Å². The zero-order valence-corrected chi connectivity index (χ0v) is 15.7. The van der Waals surface area contributed by atoms with E-state index in [1.54, 1.807) is 15.8 Å². The lowest BCUT2D eigenvalue weighted by atomic mass is 10.1. The molecular weight excluding hydrogens is 326 g/mol. The van der Waals surface area contributed by atoms with Crippen molar-refractivity contribution in [2.24, 2.45) is 11.8 Å².